The summed E-state index contributed by atoms with van der Waals surface area (Å²) in [5.41, 5.74) is 3.18. The van der Waals surface area contributed by atoms with Gasteiger partial charge in [0.1, 0.15) is 11.5 Å². The van der Waals surface area contributed by atoms with E-state index in [9.17, 15) is 22.8 Å². The molecule has 5 aromatic rings. The lowest BCUT2D eigenvalue weighted by Crippen LogP contribution is -2.46. The number of imidazole rings is 1. The van der Waals surface area contributed by atoms with Gasteiger partial charge in [-0.15, -0.1) is 0 Å². The number of carbonyl (C=O) groups excluding carboxylic acids is 1. The number of nitrogens with zero attached hydrogens (tertiary/aromatic N) is 6. The highest BCUT2D eigenvalue weighted by molar-refractivity contribution is 9.10. The molecule has 4 heterocycles. The molecule has 1 aliphatic carbocycles. The molecule has 12 heteroatoms. The van der Waals surface area contributed by atoms with Crippen LogP contribution in [0, 0.1) is 5.92 Å². The molecule has 232 valence electrons. The number of carbonyl (C=O) groups is 1. The van der Waals surface area contributed by atoms with Crippen LogP contribution < -0.4 is 5.56 Å². The van der Waals surface area contributed by atoms with Crippen LogP contribution in [0.4, 0.5) is 13.2 Å². The molecule has 1 aliphatic heterocycles. The van der Waals surface area contributed by atoms with Gasteiger partial charge >= 0.3 is 6.18 Å². The predicted octanol–water partition coefficient (Wildman–Crippen LogP) is 6.60. The van der Waals surface area contributed by atoms with E-state index in [2.05, 4.69) is 20.9 Å². The highest BCUT2D eigenvalue weighted by Gasteiger charge is 2.36. The molecule has 0 spiro atoms. The maximum atomic E-state index is 14.4. The first-order valence-electron chi connectivity index (χ1n) is 14.9. The maximum absolute atomic E-state index is 14.4. The molecule has 8 nitrogen and oxygen atoms in total. The fourth-order valence-corrected chi connectivity index (χ4v) is 6.96. The fourth-order valence-electron chi connectivity index (χ4n) is 6.49. The number of rotatable bonds is 5. The minimum Gasteiger partial charge on any atom is -0.334 e. The SMILES string of the molecule is CC1Cc2c(n3ncc(CC4CCC4)c3n(-c3ccc(-c4nccn4C)cc3)c2=O)CN1C(=O)c1ccc(Br)c(C(F)(F)F)c1. The van der Waals surface area contributed by atoms with Gasteiger partial charge in [-0.2, -0.15) is 18.3 Å². The Labute approximate surface area is 265 Å². The van der Waals surface area contributed by atoms with Crippen molar-refractivity contribution in [2.24, 2.45) is 13.0 Å². The van der Waals surface area contributed by atoms with E-state index < -0.39 is 23.7 Å². The number of amides is 1. The average molecular weight is 680 g/mol. The van der Waals surface area contributed by atoms with E-state index in [0.29, 0.717) is 28.5 Å². The van der Waals surface area contributed by atoms with Gasteiger partial charge in [-0.1, -0.05) is 35.2 Å². The van der Waals surface area contributed by atoms with E-state index in [1.54, 1.807) is 21.5 Å². The minimum atomic E-state index is -4.62. The molecule has 7 rings (SSSR count). The van der Waals surface area contributed by atoms with Crippen LogP contribution in [0.25, 0.3) is 22.7 Å². The van der Waals surface area contributed by atoms with E-state index in [-0.39, 0.29) is 28.6 Å². The summed E-state index contributed by atoms with van der Waals surface area (Å²) in [4.78, 5) is 34.0. The first-order chi connectivity index (χ1) is 21.5. The lowest BCUT2D eigenvalue weighted by Gasteiger charge is -2.35. The van der Waals surface area contributed by atoms with Crippen LogP contribution in [0.2, 0.25) is 0 Å². The summed E-state index contributed by atoms with van der Waals surface area (Å²) >= 11 is 2.95. The smallest absolute Gasteiger partial charge is 0.334 e. The van der Waals surface area contributed by atoms with Crippen LogP contribution in [0.1, 0.15) is 58.9 Å². The van der Waals surface area contributed by atoms with Gasteiger partial charge in [0.15, 0.2) is 0 Å². The molecule has 2 aromatic carbocycles. The topological polar surface area (TPSA) is 77.4 Å². The highest BCUT2D eigenvalue weighted by atomic mass is 79.9. The molecule has 1 saturated carbocycles. The second-order valence-corrected chi connectivity index (χ2v) is 12.9. The number of aromatic nitrogens is 5. The van der Waals surface area contributed by atoms with Crippen LogP contribution >= 0.6 is 15.9 Å². The molecule has 3 aromatic heterocycles. The van der Waals surface area contributed by atoms with Gasteiger partial charge in [-0.3, -0.25) is 14.2 Å². The molecule has 1 unspecified atom stereocenters. The largest absolute Gasteiger partial charge is 0.417 e. The molecule has 1 fully saturated rings. The van der Waals surface area contributed by atoms with Crippen molar-refractivity contribution in [1.29, 1.82) is 0 Å². The number of benzene rings is 2. The number of hydrogen-bond donors (Lipinski definition) is 0. The van der Waals surface area contributed by atoms with E-state index in [1.165, 1.54) is 23.5 Å². The monoisotopic (exact) mass is 678 g/mol. The Kier molecular flexibility index (Phi) is 7.22. The third-order valence-corrected chi connectivity index (χ3v) is 9.85. The van der Waals surface area contributed by atoms with Crippen molar-refractivity contribution in [1.82, 2.24) is 28.6 Å². The number of aryl methyl sites for hydroxylation is 1. The molecule has 0 radical (unpaired) electrons. The zero-order valence-corrected chi connectivity index (χ0v) is 26.3. The van der Waals surface area contributed by atoms with E-state index in [4.69, 9.17) is 5.10 Å². The first kappa shape index (κ1) is 29.5. The minimum absolute atomic E-state index is 0.0436. The average Bonchev–Trinajstić information content (AvgIpc) is 3.61. The van der Waals surface area contributed by atoms with Crippen molar-refractivity contribution in [3.63, 3.8) is 0 Å². The van der Waals surface area contributed by atoms with E-state index in [1.807, 2.05) is 49.0 Å². The van der Waals surface area contributed by atoms with Crippen molar-refractivity contribution >= 4 is 27.5 Å². The Balaban J connectivity index is 1.33. The standard InChI is InChI=1S/C33H30BrF3N6O2/c1-19-14-25-28(18-41(19)31(44)22-8-11-27(34)26(16-22)33(35,36)37)43-30(23(17-39-43)15-20-4-3-5-20)42(32(25)45)24-9-6-21(7-10-24)29-38-12-13-40(29)2/h6-13,16-17,19-20H,3-5,14-15,18H2,1-2H3. The van der Waals surface area contributed by atoms with Gasteiger partial charge in [0.2, 0.25) is 0 Å². The summed E-state index contributed by atoms with van der Waals surface area (Å²) < 4.78 is 46.2. The zero-order valence-electron chi connectivity index (χ0n) is 24.7. The van der Waals surface area contributed by atoms with Crippen molar-refractivity contribution in [2.45, 2.75) is 57.8 Å². The van der Waals surface area contributed by atoms with Crippen molar-refractivity contribution in [3.8, 4) is 17.1 Å². The molecule has 1 amide bonds. The summed E-state index contributed by atoms with van der Waals surface area (Å²) in [5, 5.41) is 4.74. The van der Waals surface area contributed by atoms with Crippen LogP contribution in [0.15, 0.2) is 70.3 Å². The lowest BCUT2D eigenvalue weighted by atomic mass is 9.81. The van der Waals surface area contributed by atoms with Gasteiger partial charge in [-0.25, -0.2) is 9.50 Å². The number of hydrogen-bond acceptors (Lipinski definition) is 4. The quantitative estimate of drug-likeness (QED) is 0.210. The van der Waals surface area contributed by atoms with E-state index >= 15 is 0 Å². The molecule has 45 heavy (non-hydrogen) atoms. The molecular formula is C33H30BrF3N6O2. The lowest BCUT2D eigenvalue weighted by molar-refractivity contribution is -0.138. The van der Waals surface area contributed by atoms with Gasteiger partial charge in [0.25, 0.3) is 11.5 Å². The Morgan fingerprint density at radius 1 is 1.11 bits per heavy atom. The van der Waals surface area contributed by atoms with Crippen LogP contribution in [-0.2, 0) is 32.6 Å². The van der Waals surface area contributed by atoms with Crippen LogP contribution in [0.3, 0.4) is 0 Å². The molecule has 0 saturated heterocycles. The molecule has 2 aliphatic rings. The normalized spacial score (nSPS) is 17.0. The fraction of sp³-hybridized carbons (Fsp3) is 0.333. The number of fused-ring (bicyclic) bond motifs is 3. The van der Waals surface area contributed by atoms with Gasteiger partial charge < -0.3 is 9.47 Å². The Morgan fingerprint density at radius 3 is 2.51 bits per heavy atom. The predicted molar refractivity (Wildman–Crippen MR) is 166 cm³/mol. The Hall–Kier alpha value is -4.19. The van der Waals surface area contributed by atoms with Crippen molar-refractivity contribution < 1.29 is 18.0 Å². The second kappa shape index (κ2) is 11.0. The van der Waals surface area contributed by atoms with Crippen LogP contribution in [0.5, 0.6) is 0 Å². The molecular weight excluding hydrogens is 649 g/mol. The third kappa shape index (κ3) is 5.08. The molecule has 0 N–H and O–H groups in total. The van der Waals surface area contributed by atoms with E-state index in [0.717, 1.165) is 42.3 Å². The van der Waals surface area contributed by atoms with Crippen molar-refractivity contribution in [3.05, 3.63) is 104 Å². The second-order valence-electron chi connectivity index (χ2n) is 12.1. The zero-order chi connectivity index (χ0) is 31.6. The summed E-state index contributed by atoms with van der Waals surface area (Å²) in [6.07, 6.45) is 5.25. The summed E-state index contributed by atoms with van der Waals surface area (Å²) in [5.74, 6) is 0.795. The van der Waals surface area contributed by atoms with Gasteiger partial charge in [-0.05, 0) is 68.1 Å². The number of halogens is 4. The molecule has 0 bridgehead atoms. The summed E-state index contributed by atoms with van der Waals surface area (Å²) in [7, 11) is 1.92. The summed E-state index contributed by atoms with van der Waals surface area (Å²) in [6.45, 7) is 1.85. The first-order valence-corrected chi connectivity index (χ1v) is 15.7. The number of alkyl halides is 3. The van der Waals surface area contributed by atoms with Crippen molar-refractivity contribution in [2.75, 3.05) is 0 Å². The van der Waals surface area contributed by atoms with Crippen LogP contribution in [-0.4, -0.2) is 40.6 Å². The third-order valence-electron chi connectivity index (χ3n) is 9.16. The maximum Gasteiger partial charge on any atom is 0.417 e. The highest BCUT2D eigenvalue weighted by Crippen LogP contribution is 2.37. The summed E-state index contributed by atoms with van der Waals surface area (Å²) in [6, 6.07) is 10.8. The molecule has 1 atom stereocenters. The Bertz CT molecular complexity index is 2010. The Morgan fingerprint density at radius 2 is 1.87 bits per heavy atom. The van der Waals surface area contributed by atoms with Gasteiger partial charge in [0, 0.05) is 52.2 Å². The van der Waals surface area contributed by atoms with Gasteiger partial charge in [0.05, 0.1) is 29.7 Å².